The number of furan rings is 1. The lowest BCUT2D eigenvalue weighted by Gasteiger charge is -2.16. The highest BCUT2D eigenvalue weighted by atomic mass is 16.3. The van der Waals surface area contributed by atoms with Gasteiger partial charge in [0, 0.05) is 5.56 Å². The van der Waals surface area contributed by atoms with E-state index in [0.29, 0.717) is 0 Å². The highest BCUT2D eigenvalue weighted by Crippen LogP contribution is 2.28. The molecule has 18 heavy (non-hydrogen) atoms. The van der Waals surface area contributed by atoms with Crippen molar-refractivity contribution in [2.24, 2.45) is 5.73 Å². The molecule has 0 saturated carbocycles. The third-order valence-electron chi connectivity index (χ3n) is 3.63. The Bertz CT molecular complexity index is 581. The third kappa shape index (κ3) is 2.21. The zero-order valence-electron chi connectivity index (χ0n) is 11.8. The van der Waals surface area contributed by atoms with Crippen LogP contribution in [0.15, 0.2) is 22.6 Å². The maximum absolute atomic E-state index is 6.39. The van der Waals surface area contributed by atoms with Crippen LogP contribution in [0.4, 0.5) is 0 Å². The predicted octanol–water partition coefficient (Wildman–Crippen LogP) is 3.87. The second-order valence-electron chi connectivity index (χ2n) is 5.14. The SMILES string of the molecule is Cc1cc(C(N)c2cc(C)c(C)cc2C)c(C)o1. The van der Waals surface area contributed by atoms with Gasteiger partial charge in [-0.3, -0.25) is 0 Å². The minimum atomic E-state index is -0.109. The molecule has 2 N–H and O–H groups in total. The van der Waals surface area contributed by atoms with E-state index in [-0.39, 0.29) is 6.04 Å². The summed E-state index contributed by atoms with van der Waals surface area (Å²) in [5, 5.41) is 0. The van der Waals surface area contributed by atoms with Crippen LogP contribution in [-0.4, -0.2) is 0 Å². The molecule has 2 aromatic rings. The molecule has 0 bridgehead atoms. The van der Waals surface area contributed by atoms with Crippen molar-refractivity contribution < 1.29 is 4.42 Å². The van der Waals surface area contributed by atoms with Crippen molar-refractivity contribution in [3.8, 4) is 0 Å². The molecular weight excluding hydrogens is 222 g/mol. The Hall–Kier alpha value is -1.54. The Morgan fingerprint density at radius 1 is 0.833 bits per heavy atom. The molecule has 2 rings (SSSR count). The molecule has 1 heterocycles. The van der Waals surface area contributed by atoms with E-state index in [2.05, 4.69) is 32.9 Å². The largest absolute Gasteiger partial charge is 0.466 e. The van der Waals surface area contributed by atoms with Gasteiger partial charge in [0.1, 0.15) is 11.5 Å². The van der Waals surface area contributed by atoms with Crippen LogP contribution in [0.5, 0.6) is 0 Å². The molecule has 1 unspecified atom stereocenters. The highest BCUT2D eigenvalue weighted by Gasteiger charge is 2.17. The molecule has 0 aliphatic carbocycles. The number of nitrogens with two attached hydrogens (primary N) is 1. The first-order valence-corrected chi connectivity index (χ1v) is 6.30. The van der Waals surface area contributed by atoms with Crippen molar-refractivity contribution in [1.29, 1.82) is 0 Å². The average molecular weight is 243 g/mol. The minimum absolute atomic E-state index is 0.109. The van der Waals surface area contributed by atoms with E-state index < -0.39 is 0 Å². The smallest absolute Gasteiger partial charge is 0.106 e. The summed E-state index contributed by atoms with van der Waals surface area (Å²) in [6, 6.07) is 6.32. The second-order valence-corrected chi connectivity index (χ2v) is 5.14. The molecule has 1 aromatic heterocycles. The quantitative estimate of drug-likeness (QED) is 0.869. The summed E-state index contributed by atoms with van der Waals surface area (Å²) in [5.74, 6) is 1.83. The molecule has 2 nitrogen and oxygen atoms in total. The van der Waals surface area contributed by atoms with Gasteiger partial charge < -0.3 is 10.2 Å². The topological polar surface area (TPSA) is 39.2 Å². The van der Waals surface area contributed by atoms with Gasteiger partial charge in [-0.15, -0.1) is 0 Å². The van der Waals surface area contributed by atoms with E-state index in [0.717, 1.165) is 17.1 Å². The number of hydrogen-bond donors (Lipinski definition) is 1. The van der Waals surface area contributed by atoms with E-state index in [4.69, 9.17) is 10.2 Å². The first kappa shape index (κ1) is 12.9. The van der Waals surface area contributed by atoms with Gasteiger partial charge in [-0.2, -0.15) is 0 Å². The molecule has 0 fully saturated rings. The van der Waals surface area contributed by atoms with Crippen LogP contribution in [-0.2, 0) is 0 Å². The van der Waals surface area contributed by atoms with E-state index in [1.165, 1.54) is 22.3 Å². The average Bonchev–Trinajstić information content (AvgIpc) is 2.62. The maximum atomic E-state index is 6.39. The van der Waals surface area contributed by atoms with Crippen molar-refractivity contribution in [2.45, 2.75) is 40.7 Å². The Morgan fingerprint density at radius 3 is 2.00 bits per heavy atom. The van der Waals surface area contributed by atoms with Gasteiger partial charge in [0.15, 0.2) is 0 Å². The molecular formula is C16H21NO. The molecule has 0 saturated heterocycles. The van der Waals surface area contributed by atoms with Gasteiger partial charge in [-0.05, 0) is 62.9 Å². The summed E-state index contributed by atoms with van der Waals surface area (Å²) < 4.78 is 5.57. The van der Waals surface area contributed by atoms with E-state index in [9.17, 15) is 0 Å². The Kier molecular flexibility index (Phi) is 3.31. The Labute approximate surface area is 109 Å². The minimum Gasteiger partial charge on any atom is -0.466 e. The van der Waals surface area contributed by atoms with Crippen molar-refractivity contribution >= 4 is 0 Å². The molecule has 0 amide bonds. The zero-order chi connectivity index (χ0) is 13.4. The number of aryl methyl sites for hydroxylation is 5. The fourth-order valence-electron chi connectivity index (χ4n) is 2.44. The third-order valence-corrected chi connectivity index (χ3v) is 3.63. The van der Waals surface area contributed by atoms with Crippen molar-refractivity contribution in [3.05, 3.63) is 57.5 Å². The monoisotopic (exact) mass is 243 g/mol. The van der Waals surface area contributed by atoms with Crippen LogP contribution in [0.1, 0.15) is 45.4 Å². The van der Waals surface area contributed by atoms with Crippen LogP contribution < -0.4 is 5.73 Å². The second kappa shape index (κ2) is 4.62. The van der Waals surface area contributed by atoms with Gasteiger partial charge in [0.2, 0.25) is 0 Å². The van der Waals surface area contributed by atoms with E-state index >= 15 is 0 Å². The number of rotatable bonds is 2. The van der Waals surface area contributed by atoms with Crippen LogP contribution in [0.25, 0.3) is 0 Å². The summed E-state index contributed by atoms with van der Waals surface area (Å²) in [6.07, 6.45) is 0. The predicted molar refractivity (Wildman–Crippen MR) is 74.9 cm³/mol. The van der Waals surface area contributed by atoms with E-state index in [1.54, 1.807) is 0 Å². The van der Waals surface area contributed by atoms with Gasteiger partial charge in [-0.1, -0.05) is 12.1 Å². The normalized spacial score (nSPS) is 12.8. The van der Waals surface area contributed by atoms with Crippen molar-refractivity contribution in [3.63, 3.8) is 0 Å². The fraction of sp³-hybridized carbons (Fsp3) is 0.375. The van der Waals surface area contributed by atoms with Gasteiger partial charge in [-0.25, -0.2) is 0 Å². The summed E-state index contributed by atoms with van der Waals surface area (Å²) in [7, 11) is 0. The van der Waals surface area contributed by atoms with Crippen LogP contribution >= 0.6 is 0 Å². The van der Waals surface area contributed by atoms with Crippen LogP contribution in [0.3, 0.4) is 0 Å². The molecule has 0 radical (unpaired) electrons. The van der Waals surface area contributed by atoms with Crippen LogP contribution in [0.2, 0.25) is 0 Å². The van der Waals surface area contributed by atoms with Crippen LogP contribution in [0, 0.1) is 34.6 Å². The summed E-state index contributed by atoms with van der Waals surface area (Å²) >= 11 is 0. The maximum Gasteiger partial charge on any atom is 0.106 e. The van der Waals surface area contributed by atoms with Gasteiger partial charge >= 0.3 is 0 Å². The molecule has 2 heteroatoms. The fourth-order valence-corrected chi connectivity index (χ4v) is 2.44. The number of hydrogen-bond acceptors (Lipinski definition) is 2. The Balaban J connectivity index is 2.49. The molecule has 96 valence electrons. The molecule has 0 spiro atoms. The highest BCUT2D eigenvalue weighted by molar-refractivity contribution is 5.43. The standard InChI is InChI=1S/C16H21NO/c1-9-6-11(3)14(7-10(9)2)16(17)15-8-12(4)18-13(15)5/h6-8,16H,17H2,1-5H3. The van der Waals surface area contributed by atoms with Crippen molar-refractivity contribution in [1.82, 2.24) is 0 Å². The molecule has 1 atom stereocenters. The lowest BCUT2D eigenvalue weighted by molar-refractivity contribution is 0.499. The molecule has 1 aromatic carbocycles. The van der Waals surface area contributed by atoms with Gasteiger partial charge in [0.25, 0.3) is 0 Å². The van der Waals surface area contributed by atoms with Gasteiger partial charge in [0.05, 0.1) is 6.04 Å². The summed E-state index contributed by atoms with van der Waals surface area (Å²) in [6.45, 7) is 10.3. The first-order chi connectivity index (χ1) is 8.40. The summed E-state index contributed by atoms with van der Waals surface area (Å²) in [5.41, 5.74) is 12.5. The van der Waals surface area contributed by atoms with E-state index in [1.807, 2.05) is 19.9 Å². The number of benzene rings is 1. The molecule has 0 aliphatic heterocycles. The Morgan fingerprint density at radius 2 is 1.44 bits per heavy atom. The lowest BCUT2D eigenvalue weighted by Crippen LogP contribution is -2.14. The van der Waals surface area contributed by atoms with Crippen molar-refractivity contribution in [2.75, 3.05) is 0 Å². The zero-order valence-corrected chi connectivity index (χ0v) is 11.8. The summed E-state index contributed by atoms with van der Waals surface area (Å²) in [4.78, 5) is 0. The lowest BCUT2D eigenvalue weighted by atomic mass is 9.92. The molecule has 0 aliphatic rings. The first-order valence-electron chi connectivity index (χ1n) is 6.30.